The largest absolute Gasteiger partial charge is 0.311 e. The lowest BCUT2D eigenvalue weighted by atomic mass is 10.3. The molecule has 0 bridgehead atoms. The predicted octanol–water partition coefficient (Wildman–Crippen LogP) is 0.693. The second-order valence-electron chi connectivity index (χ2n) is 3.76. The van der Waals surface area contributed by atoms with Gasteiger partial charge in [-0.25, -0.2) is 4.68 Å². The van der Waals surface area contributed by atoms with E-state index in [0.717, 1.165) is 13.1 Å². The van der Waals surface area contributed by atoms with Crippen LogP contribution < -0.4 is 5.32 Å². The summed E-state index contributed by atoms with van der Waals surface area (Å²) >= 11 is 0. The molecule has 0 aliphatic rings. The summed E-state index contributed by atoms with van der Waals surface area (Å²) in [6.45, 7) is 4.79. The van der Waals surface area contributed by atoms with Crippen molar-refractivity contribution in [2.24, 2.45) is 0 Å². The number of nitrogens with one attached hydrogen (secondary N) is 1. The number of halogens is 1. The van der Waals surface area contributed by atoms with Crippen LogP contribution in [0.3, 0.4) is 0 Å². The van der Waals surface area contributed by atoms with Crippen molar-refractivity contribution in [1.29, 1.82) is 0 Å². The SMILES string of the molecule is CCn1ncc(CNCCN(C)C)c1F. The minimum Gasteiger partial charge on any atom is -0.311 e. The van der Waals surface area contributed by atoms with Gasteiger partial charge >= 0.3 is 0 Å². The van der Waals surface area contributed by atoms with Gasteiger partial charge in [0, 0.05) is 31.7 Å². The average molecular weight is 214 g/mol. The van der Waals surface area contributed by atoms with E-state index in [1.807, 2.05) is 21.0 Å². The molecule has 15 heavy (non-hydrogen) atoms. The third kappa shape index (κ3) is 3.60. The topological polar surface area (TPSA) is 33.1 Å². The number of aromatic nitrogens is 2. The van der Waals surface area contributed by atoms with Crippen molar-refractivity contribution in [3.8, 4) is 0 Å². The van der Waals surface area contributed by atoms with E-state index < -0.39 is 0 Å². The molecule has 86 valence electrons. The molecule has 1 N–H and O–H groups in total. The molecule has 0 aliphatic carbocycles. The minimum atomic E-state index is -0.227. The number of likely N-dealkylation sites (N-methyl/N-ethyl adjacent to an activating group) is 1. The van der Waals surface area contributed by atoms with Gasteiger partial charge in [-0.05, 0) is 21.0 Å². The van der Waals surface area contributed by atoms with Gasteiger partial charge in [-0.2, -0.15) is 9.49 Å². The normalized spacial score (nSPS) is 11.3. The van der Waals surface area contributed by atoms with Gasteiger partial charge in [-0.1, -0.05) is 0 Å². The Balaban J connectivity index is 2.34. The number of hydrogen-bond donors (Lipinski definition) is 1. The smallest absolute Gasteiger partial charge is 0.215 e. The van der Waals surface area contributed by atoms with Gasteiger partial charge < -0.3 is 10.2 Å². The molecule has 1 aromatic rings. The summed E-state index contributed by atoms with van der Waals surface area (Å²) in [4.78, 5) is 2.08. The number of nitrogens with zero attached hydrogens (tertiary/aromatic N) is 3. The first-order chi connectivity index (χ1) is 7.15. The third-order valence-electron chi connectivity index (χ3n) is 2.20. The fourth-order valence-corrected chi connectivity index (χ4v) is 1.27. The molecule has 1 rings (SSSR count). The summed E-state index contributed by atoms with van der Waals surface area (Å²) in [5, 5.41) is 7.12. The summed E-state index contributed by atoms with van der Waals surface area (Å²) in [6, 6.07) is 0. The molecule has 1 heterocycles. The van der Waals surface area contributed by atoms with E-state index in [4.69, 9.17) is 0 Å². The number of rotatable bonds is 6. The summed E-state index contributed by atoms with van der Waals surface area (Å²) < 4.78 is 14.8. The summed E-state index contributed by atoms with van der Waals surface area (Å²) in [6.07, 6.45) is 1.58. The van der Waals surface area contributed by atoms with E-state index in [2.05, 4.69) is 15.3 Å². The van der Waals surface area contributed by atoms with E-state index >= 15 is 0 Å². The second-order valence-corrected chi connectivity index (χ2v) is 3.76. The van der Waals surface area contributed by atoms with Gasteiger partial charge in [-0.15, -0.1) is 0 Å². The van der Waals surface area contributed by atoms with Crippen LogP contribution in [0.25, 0.3) is 0 Å². The first kappa shape index (κ1) is 12.1. The molecular formula is C10H19FN4. The van der Waals surface area contributed by atoms with Crippen LogP contribution in [0.15, 0.2) is 6.20 Å². The Morgan fingerprint density at radius 2 is 2.27 bits per heavy atom. The van der Waals surface area contributed by atoms with Crippen molar-refractivity contribution in [3.63, 3.8) is 0 Å². The molecule has 0 aromatic carbocycles. The van der Waals surface area contributed by atoms with E-state index in [-0.39, 0.29) is 5.95 Å². The lowest BCUT2D eigenvalue weighted by molar-refractivity contribution is 0.397. The Morgan fingerprint density at radius 3 is 2.80 bits per heavy atom. The maximum Gasteiger partial charge on any atom is 0.215 e. The molecule has 4 nitrogen and oxygen atoms in total. The summed E-state index contributed by atoms with van der Waals surface area (Å²) in [7, 11) is 4.02. The molecule has 0 saturated heterocycles. The molecular weight excluding hydrogens is 195 g/mol. The van der Waals surface area contributed by atoms with Crippen LogP contribution in [0.4, 0.5) is 4.39 Å². The highest BCUT2D eigenvalue weighted by molar-refractivity contribution is 5.06. The van der Waals surface area contributed by atoms with Crippen LogP contribution in [0, 0.1) is 5.95 Å². The van der Waals surface area contributed by atoms with Gasteiger partial charge in [0.05, 0.1) is 6.20 Å². The first-order valence-electron chi connectivity index (χ1n) is 5.20. The Labute approximate surface area is 90.1 Å². The molecule has 0 spiro atoms. The van der Waals surface area contributed by atoms with E-state index in [9.17, 15) is 4.39 Å². The van der Waals surface area contributed by atoms with E-state index in [1.165, 1.54) is 4.68 Å². The zero-order valence-electron chi connectivity index (χ0n) is 9.63. The monoisotopic (exact) mass is 214 g/mol. The molecule has 0 radical (unpaired) electrons. The van der Waals surface area contributed by atoms with Crippen molar-refractivity contribution in [2.45, 2.75) is 20.0 Å². The quantitative estimate of drug-likeness (QED) is 0.707. The fraction of sp³-hybridized carbons (Fsp3) is 0.700. The van der Waals surface area contributed by atoms with Crippen LogP contribution in [0.2, 0.25) is 0 Å². The molecule has 0 atom stereocenters. The van der Waals surface area contributed by atoms with Crippen molar-refractivity contribution in [2.75, 3.05) is 27.2 Å². The van der Waals surface area contributed by atoms with Crippen LogP contribution in [0.5, 0.6) is 0 Å². The zero-order valence-corrected chi connectivity index (χ0v) is 9.63. The Kier molecular flexibility index (Phi) is 4.71. The Bertz CT molecular complexity index is 296. The van der Waals surface area contributed by atoms with Crippen molar-refractivity contribution in [1.82, 2.24) is 20.0 Å². The highest BCUT2D eigenvalue weighted by atomic mass is 19.1. The van der Waals surface area contributed by atoms with Crippen LogP contribution in [-0.4, -0.2) is 41.9 Å². The molecule has 0 aliphatic heterocycles. The third-order valence-corrected chi connectivity index (χ3v) is 2.20. The highest BCUT2D eigenvalue weighted by Crippen LogP contribution is 2.05. The van der Waals surface area contributed by atoms with Crippen molar-refractivity contribution >= 4 is 0 Å². The van der Waals surface area contributed by atoms with Crippen molar-refractivity contribution in [3.05, 3.63) is 17.7 Å². The van der Waals surface area contributed by atoms with Gasteiger partial charge in [0.25, 0.3) is 0 Å². The highest BCUT2D eigenvalue weighted by Gasteiger charge is 2.07. The Hall–Kier alpha value is -0.940. The molecule has 0 amide bonds. The molecule has 0 unspecified atom stereocenters. The van der Waals surface area contributed by atoms with Crippen LogP contribution >= 0.6 is 0 Å². The van der Waals surface area contributed by atoms with Crippen LogP contribution in [0.1, 0.15) is 12.5 Å². The number of aryl methyl sites for hydroxylation is 1. The van der Waals surface area contributed by atoms with Crippen LogP contribution in [-0.2, 0) is 13.1 Å². The Morgan fingerprint density at radius 1 is 1.53 bits per heavy atom. The van der Waals surface area contributed by atoms with Gasteiger partial charge in [0.1, 0.15) is 0 Å². The zero-order chi connectivity index (χ0) is 11.3. The predicted molar refractivity (Wildman–Crippen MR) is 58.1 cm³/mol. The first-order valence-corrected chi connectivity index (χ1v) is 5.20. The maximum atomic E-state index is 13.5. The standard InChI is InChI=1S/C10H19FN4/c1-4-15-10(11)9(8-13-15)7-12-5-6-14(2)3/h8,12H,4-7H2,1-3H3. The molecule has 0 fully saturated rings. The van der Waals surface area contributed by atoms with Gasteiger partial charge in [-0.3, -0.25) is 0 Å². The molecule has 0 saturated carbocycles. The summed E-state index contributed by atoms with van der Waals surface area (Å²) in [5.74, 6) is -0.227. The second kappa shape index (κ2) is 5.82. The molecule has 5 heteroatoms. The summed E-state index contributed by atoms with van der Waals surface area (Å²) in [5.41, 5.74) is 0.635. The minimum absolute atomic E-state index is 0.227. The lowest BCUT2D eigenvalue weighted by Gasteiger charge is -2.09. The lowest BCUT2D eigenvalue weighted by Crippen LogP contribution is -2.26. The van der Waals surface area contributed by atoms with Crippen molar-refractivity contribution < 1.29 is 4.39 Å². The molecule has 1 aromatic heterocycles. The average Bonchev–Trinajstić information content (AvgIpc) is 2.54. The van der Waals surface area contributed by atoms with Gasteiger partial charge in [0.15, 0.2) is 0 Å². The number of hydrogen-bond acceptors (Lipinski definition) is 3. The maximum absolute atomic E-state index is 13.5. The van der Waals surface area contributed by atoms with E-state index in [0.29, 0.717) is 18.7 Å². The fourth-order valence-electron chi connectivity index (χ4n) is 1.27. The van der Waals surface area contributed by atoms with E-state index in [1.54, 1.807) is 6.20 Å². The van der Waals surface area contributed by atoms with Gasteiger partial charge in [0.2, 0.25) is 5.95 Å².